The average molecular weight is 280 g/mol. The number of ether oxygens (including phenoxy) is 1. The normalized spacial score (nSPS) is 36.8. The van der Waals surface area contributed by atoms with E-state index in [1.807, 2.05) is 0 Å². The van der Waals surface area contributed by atoms with Gasteiger partial charge in [-0.15, -0.1) is 11.8 Å². The maximum atomic E-state index is 9.79. The maximum Gasteiger partial charge on any atom is 0.132 e. The van der Waals surface area contributed by atoms with E-state index in [1.54, 1.807) is 0 Å². The Labute approximate surface area is 112 Å². The van der Waals surface area contributed by atoms with Crippen molar-refractivity contribution in [3.63, 3.8) is 0 Å². The number of hydrogen-bond acceptors (Lipinski definition) is 6. The van der Waals surface area contributed by atoms with Crippen LogP contribution in [0.4, 0.5) is 0 Å². The lowest BCUT2D eigenvalue weighted by atomic mass is 10.0. The predicted octanol–water partition coefficient (Wildman–Crippen LogP) is 0.0998. The van der Waals surface area contributed by atoms with E-state index in [4.69, 9.17) is 9.84 Å². The van der Waals surface area contributed by atoms with Gasteiger partial charge in [0.05, 0.1) is 6.61 Å². The van der Waals surface area contributed by atoms with Gasteiger partial charge in [-0.3, -0.25) is 0 Å². The fraction of sp³-hybridized carbons (Fsp3) is 1.00. The molecule has 0 amide bonds. The third kappa shape index (κ3) is 4.36. The molecule has 1 aliphatic heterocycles. The van der Waals surface area contributed by atoms with Crippen LogP contribution in [0.5, 0.6) is 0 Å². The van der Waals surface area contributed by atoms with E-state index >= 15 is 0 Å². The zero-order valence-electron chi connectivity index (χ0n) is 10.7. The average Bonchev–Trinajstić information content (AvgIpc) is 2.38. The van der Waals surface area contributed by atoms with Crippen molar-refractivity contribution in [1.82, 2.24) is 0 Å². The van der Waals surface area contributed by atoms with Crippen LogP contribution in [0.1, 0.15) is 32.6 Å². The largest absolute Gasteiger partial charge is 0.394 e. The van der Waals surface area contributed by atoms with Crippen LogP contribution in [-0.4, -0.2) is 62.6 Å². The van der Waals surface area contributed by atoms with E-state index in [-0.39, 0.29) is 6.61 Å². The van der Waals surface area contributed by atoms with Gasteiger partial charge >= 0.3 is 0 Å². The van der Waals surface area contributed by atoms with E-state index in [0.717, 1.165) is 18.6 Å². The molecule has 5 nitrogen and oxygen atoms in total. The number of hydrogen-bond donors (Lipinski definition) is 4. The van der Waals surface area contributed by atoms with Crippen molar-refractivity contribution in [2.24, 2.45) is 0 Å². The second-order valence-electron chi connectivity index (χ2n) is 4.63. The number of aliphatic hydroxyl groups excluding tert-OH is 4. The zero-order chi connectivity index (χ0) is 13.5. The van der Waals surface area contributed by atoms with Crippen molar-refractivity contribution in [3.05, 3.63) is 0 Å². The van der Waals surface area contributed by atoms with Crippen molar-refractivity contribution in [1.29, 1.82) is 0 Å². The summed E-state index contributed by atoms with van der Waals surface area (Å²) in [4.78, 5) is 0. The smallest absolute Gasteiger partial charge is 0.132 e. The Hall–Kier alpha value is 0.150. The van der Waals surface area contributed by atoms with Gasteiger partial charge in [0.25, 0.3) is 0 Å². The van der Waals surface area contributed by atoms with Gasteiger partial charge in [-0.05, 0) is 12.2 Å². The molecular weight excluding hydrogens is 256 g/mol. The van der Waals surface area contributed by atoms with E-state index in [9.17, 15) is 15.3 Å². The molecule has 4 N–H and O–H groups in total. The highest BCUT2D eigenvalue weighted by atomic mass is 32.2. The molecule has 0 aliphatic carbocycles. The second-order valence-corrected chi connectivity index (χ2v) is 5.83. The van der Waals surface area contributed by atoms with Crippen LogP contribution in [0.25, 0.3) is 0 Å². The van der Waals surface area contributed by atoms with Crippen molar-refractivity contribution in [2.45, 2.75) is 62.5 Å². The van der Waals surface area contributed by atoms with E-state index in [0.29, 0.717) is 0 Å². The standard InChI is InChI=1S/C12H24O5S/c1-2-3-4-5-6-18-12-11(16)10(15)9(14)8(7-13)17-12/h8-16H,2-7H2,1H3/t8-,9-,10+,11+,12+/m1/s1. The van der Waals surface area contributed by atoms with Crippen molar-refractivity contribution >= 4 is 11.8 Å². The van der Waals surface area contributed by atoms with Crippen molar-refractivity contribution < 1.29 is 25.2 Å². The Bertz CT molecular complexity index is 227. The highest BCUT2D eigenvalue weighted by molar-refractivity contribution is 7.99. The Morgan fingerprint density at radius 1 is 1.00 bits per heavy atom. The van der Waals surface area contributed by atoms with Crippen LogP contribution < -0.4 is 0 Å². The first-order valence-electron chi connectivity index (χ1n) is 6.54. The molecule has 0 aromatic heterocycles. The molecule has 1 rings (SSSR count). The molecule has 1 aliphatic rings. The highest BCUT2D eigenvalue weighted by Gasteiger charge is 2.43. The lowest BCUT2D eigenvalue weighted by Crippen LogP contribution is -2.57. The lowest BCUT2D eigenvalue weighted by molar-refractivity contribution is -0.205. The minimum atomic E-state index is -1.26. The topological polar surface area (TPSA) is 90.2 Å². The van der Waals surface area contributed by atoms with Gasteiger partial charge in [0.2, 0.25) is 0 Å². The Balaban J connectivity index is 2.35. The van der Waals surface area contributed by atoms with Gasteiger partial charge in [-0.25, -0.2) is 0 Å². The van der Waals surface area contributed by atoms with Gasteiger partial charge in [-0.1, -0.05) is 26.2 Å². The third-order valence-corrected chi connectivity index (χ3v) is 4.37. The summed E-state index contributed by atoms with van der Waals surface area (Å²) in [6.45, 7) is 1.78. The molecule has 1 fully saturated rings. The summed E-state index contributed by atoms with van der Waals surface area (Å²) >= 11 is 1.43. The molecular formula is C12H24O5S. The fourth-order valence-electron chi connectivity index (χ4n) is 1.93. The van der Waals surface area contributed by atoms with Crippen LogP contribution in [0.15, 0.2) is 0 Å². The Morgan fingerprint density at radius 2 is 1.72 bits per heavy atom. The molecule has 0 radical (unpaired) electrons. The number of rotatable bonds is 7. The molecule has 0 aromatic carbocycles. The fourth-order valence-corrected chi connectivity index (χ4v) is 3.12. The van der Waals surface area contributed by atoms with E-state index in [1.165, 1.54) is 24.6 Å². The van der Waals surface area contributed by atoms with E-state index in [2.05, 4.69) is 6.92 Å². The molecule has 108 valence electrons. The quantitative estimate of drug-likeness (QED) is 0.495. The summed E-state index contributed by atoms with van der Waals surface area (Å²) < 4.78 is 5.39. The van der Waals surface area contributed by atoms with Crippen LogP contribution in [-0.2, 0) is 4.74 Å². The van der Waals surface area contributed by atoms with Gasteiger partial charge < -0.3 is 25.2 Å². The molecule has 0 aromatic rings. The van der Waals surface area contributed by atoms with Gasteiger partial charge in [0, 0.05) is 0 Å². The summed E-state index contributed by atoms with van der Waals surface area (Å²) in [5, 5.41) is 38.0. The van der Waals surface area contributed by atoms with Crippen molar-refractivity contribution in [2.75, 3.05) is 12.4 Å². The minimum absolute atomic E-state index is 0.363. The summed E-state index contributed by atoms with van der Waals surface area (Å²) in [7, 11) is 0. The molecule has 5 atom stereocenters. The van der Waals surface area contributed by atoms with Gasteiger partial charge in [0.15, 0.2) is 0 Å². The summed E-state index contributed by atoms with van der Waals surface area (Å²) in [5.41, 5.74) is -0.581. The highest BCUT2D eigenvalue weighted by Crippen LogP contribution is 2.29. The minimum Gasteiger partial charge on any atom is -0.394 e. The first kappa shape index (κ1) is 16.2. The summed E-state index contributed by atoms with van der Waals surface area (Å²) in [6, 6.07) is 0. The molecule has 0 saturated carbocycles. The molecule has 1 heterocycles. The number of thioether (sulfide) groups is 1. The third-order valence-electron chi connectivity index (χ3n) is 3.13. The molecule has 6 heteroatoms. The molecule has 0 unspecified atom stereocenters. The monoisotopic (exact) mass is 280 g/mol. The van der Waals surface area contributed by atoms with Gasteiger partial charge in [-0.2, -0.15) is 0 Å². The van der Waals surface area contributed by atoms with Crippen LogP contribution in [0.3, 0.4) is 0 Å². The first-order chi connectivity index (χ1) is 8.61. The number of aliphatic hydroxyl groups is 4. The van der Waals surface area contributed by atoms with Crippen LogP contribution >= 0.6 is 11.8 Å². The summed E-state index contributed by atoms with van der Waals surface area (Å²) in [6.07, 6.45) is 0.107. The number of unbranched alkanes of at least 4 members (excludes halogenated alkanes) is 3. The van der Waals surface area contributed by atoms with E-state index < -0.39 is 29.9 Å². The second kappa shape index (κ2) is 8.35. The van der Waals surface area contributed by atoms with Crippen LogP contribution in [0, 0.1) is 0 Å². The predicted molar refractivity (Wildman–Crippen MR) is 70.4 cm³/mol. The van der Waals surface area contributed by atoms with Crippen LogP contribution in [0.2, 0.25) is 0 Å². The molecule has 0 spiro atoms. The summed E-state index contributed by atoms with van der Waals surface area (Å²) in [5.74, 6) is 0.836. The SMILES string of the molecule is CCCCCCS[C@@H]1O[C@H](CO)[C@@H](O)[C@H](O)[C@@H]1O. The van der Waals surface area contributed by atoms with Gasteiger partial charge in [0.1, 0.15) is 29.9 Å². The molecule has 0 bridgehead atoms. The Morgan fingerprint density at radius 3 is 2.33 bits per heavy atom. The lowest BCUT2D eigenvalue weighted by Gasteiger charge is -2.39. The maximum absolute atomic E-state index is 9.79. The molecule has 18 heavy (non-hydrogen) atoms. The zero-order valence-corrected chi connectivity index (χ0v) is 11.6. The molecule has 1 saturated heterocycles. The van der Waals surface area contributed by atoms with Crippen molar-refractivity contribution in [3.8, 4) is 0 Å². The first-order valence-corrected chi connectivity index (χ1v) is 7.58. The Kier molecular flexibility index (Phi) is 7.51.